The summed E-state index contributed by atoms with van der Waals surface area (Å²) >= 11 is 0. The molecule has 0 saturated carbocycles. The monoisotopic (exact) mass is 229 g/mol. The van der Waals surface area contributed by atoms with Crippen LogP contribution >= 0.6 is 0 Å². The van der Waals surface area contributed by atoms with Gasteiger partial charge in [-0.15, -0.1) is 0 Å². The number of carbonyl (C=O) groups is 1. The predicted octanol–water partition coefficient (Wildman–Crippen LogP) is 2.24. The summed E-state index contributed by atoms with van der Waals surface area (Å²) in [5, 5.41) is 0.175. The molecule has 0 aromatic heterocycles. The first-order valence-electron chi connectivity index (χ1n) is 5.58. The number of hydrogen-bond donors (Lipinski definition) is 0. The molecule has 1 heterocycles. The van der Waals surface area contributed by atoms with Crippen LogP contribution in [-0.2, 0) is 9.22 Å². The third-order valence-electron chi connectivity index (χ3n) is 3.62. The first-order chi connectivity index (χ1) is 6.65. The SMILES string of the molecule is CN1CCC(O[Si](C)(C)C(C)(C)C)C1=O. The Morgan fingerprint density at radius 2 is 1.93 bits per heavy atom. The molecule has 1 aliphatic heterocycles. The van der Waals surface area contributed by atoms with E-state index in [1.807, 2.05) is 7.05 Å². The average Bonchev–Trinajstić information content (AvgIpc) is 2.33. The molecule has 0 radical (unpaired) electrons. The van der Waals surface area contributed by atoms with Crippen molar-refractivity contribution >= 4 is 14.2 Å². The molecule has 1 amide bonds. The lowest BCUT2D eigenvalue weighted by Crippen LogP contribution is -2.45. The van der Waals surface area contributed by atoms with Crippen LogP contribution in [0.15, 0.2) is 0 Å². The Labute approximate surface area is 93.9 Å². The van der Waals surface area contributed by atoms with E-state index in [2.05, 4.69) is 33.9 Å². The number of nitrogens with zero attached hydrogens (tertiary/aromatic N) is 1. The van der Waals surface area contributed by atoms with Crippen LogP contribution < -0.4 is 0 Å². The summed E-state index contributed by atoms with van der Waals surface area (Å²) in [5.41, 5.74) is 0. The molecule has 0 N–H and O–H groups in total. The van der Waals surface area contributed by atoms with Crippen molar-refractivity contribution in [2.24, 2.45) is 0 Å². The minimum atomic E-state index is -1.79. The van der Waals surface area contributed by atoms with Gasteiger partial charge in [0.1, 0.15) is 6.10 Å². The minimum Gasteiger partial charge on any atom is -0.405 e. The maximum atomic E-state index is 11.7. The summed E-state index contributed by atoms with van der Waals surface area (Å²) in [6.45, 7) is 11.8. The fraction of sp³-hybridized carbons (Fsp3) is 0.909. The molecule has 0 aliphatic carbocycles. The molecule has 0 spiro atoms. The molecule has 88 valence electrons. The molecule has 4 heteroatoms. The lowest BCUT2D eigenvalue weighted by atomic mass is 10.2. The maximum Gasteiger partial charge on any atom is 0.250 e. The van der Waals surface area contributed by atoms with Crippen LogP contribution in [0, 0.1) is 0 Å². The van der Waals surface area contributed by atoms with Crippen molar-refractivity contribution in [3.05, 3.63) is 0 Å². The number of carbonyl (C=O) groups excluding carboxylic acids is 1. The topological polar surface area (TPSA) is 29.5 Å². The van der Waals surface area contributed by atoms with Crippen molar-refractivity contribution in [1.29, 1.82) is 0 Å². The molecule has 1 atom stereocenters. The second kappa shape index (κ2) is 3.90. The summed E-state index contributed by atoms with van der Waals surface area (Å²) in [5.74, 6) is 0.153. The molecule has 15 heavy (non-hydrogen) atoms. The first-order valence-corrected chi connectivity index (χ1v) is 8.49. The summed E-state index contributed by atoms with van der Waals surface area (Å²) in [7, 11) is 0.0558. The molecule has 1 aliphatic rings. The number of amides is 1. The van der Waals surface area contributed by atoms with Crippen LogP contribution in [0.5, 0.6) is 0 Å². The van der Waals surface area contributed by atoms with Crippen LogP contribution in [-0.4, -0.2) is 38.8 Å². The Bertz CT molecular complexity index is 258. The Morgan fingerprint density at radius 1 is 1.40 bits per heavy atom. The highest BCUT2D eigenvalue weighted by molar-refractivity contribution is 6.74. The minimum absolute atomic E-state index is 0.153. The number of likely N-dealkylation sites (tertiary alicyclic amines) is 1. The van der Waals surface area contributed by atoms with Gasteiger partial charge in [-0.3, -0.25) is 4.79 Å². The largest absolute Gasteiger partial charge is 0.405 e. The lowest BCUT2D eigenvalue weighted by molar-refractivity contribution is -0.132. The van der Waals surface area contributed by atoms with Crippen molar-refractivity contribution in [1.82, 2.24) is 4.90 Å². The van der Waals surface area contributed by atoms with E-state index in [4.69, 9.17) is 4.43 Å². The van der Waals surface area contributed by atoms with E-state index >= 15 is 0 Å². The van der Waals surface area contributed by atoms with Crippen molar-refractivity contribution < 1.29 is 9.22 Å². The second-order valence-corrected chi connectivity index (χ2v) is 10.7. The highest BCUT2D eigenvalue weighted by Gasteiger charge is 2.42. The maximum absolute atomic E-state index is 11.7. The molecule has 0 bridgehead atoms. The Morgan fingerprint density at radius 3 is 2.27 bits per heavy atom. The van der Waals surface area contributed by atoms with Crippen molar-refractivity contribution in [2.75, 3.05) is 13.6 Å². The van der Waals surface area contributed by atoms with Gasteiger partial charge in [0.25, 0.3) is 0 Å². The molecule has 0 aromatic rings. The van der Waals surface area contributed by atoms with Gasteiger partial charge in [-0.05, 0) is 24.6 Å². The van der Waals surface area contributed by atoms with E-state index in [0.29, 0.717) is 0 Å². The van der Waals surface area contributed by atoms with Crippen LogP contribution in [0.25, 0.3) is 0 Å². The van der Waals surface area contributed by atoms with Crippen LogP contribution in [0.3, 0.4) is 0 Å². The van der Waals surface area contributed by atoms with Crippen molar-refractivity contribution in [3.63, 3.8) is 0 Å². The van der Waals surface area contributed by atoms with E-state index in [-0.39, 0.29) is 17.0 Å². The first kappa shape index (κ1) is 12.7. The molecule has 1 saturated heterocycles. The van der Waals surface area contributed by atoms with Gasteiger partial charge in [-0.1, -0.05) is 20.8 Å². The number of hydrogen-bond acceptors (Lipinski definition) is 2. The zero-order valence-electron chi connectivity index (χ0n) is 10.8. The van der Waals surface area contributed by atoms with E-state index < -0.39 is 8.32 Å². The molecular weight excluding hydrogens is 206 g/mol. The van der Waals surface area contributed by atoms with Crippen molar-refractivity contribution in [2.45, 2.75) is 51.4 Å². The predicted molar refractivity (Wildman–Crippen MR) is 64.3 cm³/mol. The number of likely N-dealkylation sites (N-methyl/N-ethyl adjacent to an activating group) is 1. The van der Waals surface area contributed by atoms with Gasteiger partial charge in [0.05, 0.1) is 0 Å². The van der Waals surface area contributed by atoms with E-state index in [1.54, 1.807) is 4.90 Å². The van der Waals surface area contributed by atoms with E-state index in [1.165, 1.54) is 0 Å². The van der Waals surface area contributed by atoms with Gasteiger partial charge in [-0.25, -0.2) is 0 Å². The Balaban J connectivity index is 2.67. The zero-order chi connectivity index (χ0) is 11.9. The normalized spacial score (nSPS) is 23.7. The smallest absolute Gasteiger partial charge is 0.250 e. The fourth-order valence-electron chi connectivity index (χ4n) is 1.43. The molecule has 1 rings (SSSR count). The quantitative estimate of drug-likeness (QED) is 0.680. The van der Waals surface area contributed by atoms with Gasteiger partial charge in [0.15, 0.2) is 8.32 Å². The summed E-state index contributed by atoms with van der Waals surface area (Å²) in [6, 6.07) is 0. The molecule has 0 aromatic carbocycles. The molecule has 1 fully saturated rings. The van der Waals surface area contributed by atoms with Gasteiger partial charge >= 0.3 is 0 Å². The Hall–Kier alpha value is -0.353. The third kappa shape index (κ3) is 2.61. The third-order valence-corrected chi connectivity index (χ3v) is 8.11. The zero-order valence-corrected chi connectivity index (χ0v) is 11.8. The highest BCUT2D eigenvalue weighted by Crippen LogP contribution is 2.38. The second-order valence-electron chi connectivity index (χ2n) is 5.92. The van der Waals surface area contributed by atoms with Crippen LogP contribution in [0.1, 0.15) is 27.2 Å². The van der Waals surface area contributed by atoms with Gasteiger partial charge < -0.3 is 9.33 Å². The summed E-state index contributed by atoms with van der Waals surface area (Å²) in [6.07, 6.45) is 0.665. The van der Waals surface area contributed by atoms with E-state index in [0.717, 1.165) is 13.0 Å². The summed E-state index contributed by atoms with van der Waals surface area (Å²) in [4.78, 5) is 13.5. The molecular formula is C11H23NO2Si. The lowest BCUT2D eigenvalue weighted by Gasteiger charge is -2.37. The van der Waals surface area contributed by atoms with Crippen LogP contribution in [0.4, 0.5) is 0 Å². The van der Waals surface area contributed by atoms with Gasteiger partial charge in [-0.2, -0.15) is 0 Å². The number of rotatable bonds is 2. The standard InChI is InChI=1S/C11H23NO2Si/c1-11(2,3)15(5,6)14-9-7-8-12(4)10(9)13/h9H,7-8H2,1-6H3. The van der Waals surface area contributed by atoms with Gasteiger partial charge in [0.2, 0.25) is 5.91 Å². The van der Waals surface area contributed by atoms with Gasteiger partial charge in [0, 0.05) is 13.6 Å². The fourth-order valence-corrected chi connectivity index (χ4v) is 2.72. The molecule has 1 unspecified atom stereocenters. The highest BCUT2D eigenvalue weighted by atomic mass is 28.4. The molecule has 3 nitrogen and oxygen atoms in total. The van der Waals surface area contributed by atoms with Crippen LogP contribution in [0.2, 0.25) is 18.1 Å². The van der Waals surface area contributed by atoms with Crippen molar-refractivity contribution in [3.8, 4) is 0 Å². The van der Waals surface area contributed by atoms with E-state index in [9.17, 15) is 4.79 Å². The Kier molecular flexibility index (Phi) is 3.31. The summed E-state index contributed by atoms with van der Waals surface area (Å²) < 4.78 is 6.09. The average molecular weight is 229 g/mol.